The quantitative estimate of drug-likeness (QED) is 0.759. The number of nitrogens with zero attached hydrogens (tertiary/aromatic N) is 2. The molecule has 1 aromatic rings. The maximum Gasteiger partial charge on any atom is 0.143 e. The Bertz CT molecular complexity index is 407. The Hall–Kier alpha value is -0.430. The minimum Gasteiger partial charge on any atom is -0.384 e. The Morgan fingerprint density at radius 1 is 1.39 bits per heavy atom. The van der Waals surface area contributed by atoms with Crippen LogP contribution in [0.5, 0.6) is 0 Å². The van der Waals surface area contributed by atoms with Crippen molar-refractivity contribution in [2.45, 2.75) is 38.5 Å². The summed E-state index contributed by atoms with van der Waals surface area (Å²) < 4.78 is 6.31. The largest absolute Gasteiger partial charge is 0.384 e. The van der Waals surface area contributed by atoms with E-state index in [0.29, 0.717) is 12.5 Å². The van der Waals surface area contributed by atoms with Crippen molar-refractivity contribution in [2.75, 3.05) is 25.6 Å². The Morgan fingerprint density at radius 3 is 2.78 bits per heavy atom. The molecule has 0 aromatic carbocycles. The molecule has 0 atom stereocenters. The third-order valence-electron chi connectivity index (χ3n) is 2.96. The van der Waals surface area contributed by atoms with Gasteiger partial charge in [-0.3, -0.25) is 0 Å². The average Bonchev–Trinajstić information content (AvgIpc) is 3.20. The Kier molecular flexibility index (Phi) is 5.17. The van der Waals surface area contributed by atoms with Crippen LogP contribution in [0.15, 0.2) is 0 Å². The second-order valence-electron chi connectivity index (χ2n) is 4.63. The Morgan fingerprint density at radius 2 is 2.17 bits per heavy atom. The molecule has 1 aliphatic rings. The maximum absolute atomic E-state index is 5.11. The topological polar surface area (TPSA) is 47.0 Å². The molecule has 5 heteroatoms. The van der Waals surface area contributed by atoms with E-state index in [1.807, 2.05) is 0 Å². The molecule has 0 amide bonds. The van der Waals surface area contributed by atoms with Gasteiger partial charge in [-0.2, -0.15) is 0 Å². The third kappa shape index (κ3) is 3.54. The van der Waals surface area contributed by atoms with Crippen LogP contribution in [0, 0.1) is 3.57 Å². The molecular formula is C13H20IN3O. The van der Waals surface area contributed by atoms with Crippen LogP contribution in [0.1, 0.15) is 43.6 Å². The smallest absolute Gasteiger partial charge is 0.143 e. The molecule has 2 rings (SSSR count). The van der Waals surface area contributed by atoms with E-state index in [9.17, 15) is 0 Å². The molecule has 0 aliphatic heterocycles. The van der Waals surface area contributed by atoms with Crippen LogP contribution in [-0.4, -0.2) is 30.2 Å². The van der Waals surface area contributed by atoms with Crippen LogP contribution < -0.4 is 5.32 Å². The molecule has 100 valence electrons. The highest BCUT2D eigenvalue weighted by molar-refractivity contribution is 14.1. The number of anilines is 1. The number of methoxy groups -OCH3 is 1. The van der Waals surface area contributed by atoms with E-state index < -0.39 is 0 Å². The zero-order valence-electron chi connectivity index (χ0n) is 11.0. The van der Waals surface area contributed by atoms with Gasteiger partial charge in [0.1, 0.15) is 11.6 Å². The van der Waals surface area contributed by atoms with Crippen molar-refractivity contribution in [1.29, 1.82) is 0 Å². The van der Waals surface area contributed by atoms with E-state index in [2.05, 4.69) is 39.8 Å². The summed E-state index contributed by atoms with van der Waals surface area (Å²) in [6.07, 6.45) is 4.42. The summed E-state index contributed by atoms with van der Waals surface area (Å²) in [5.74, 6) is 2.56. The predicted molar refractivity (Wildman–Crippen MR) is 81.1 cm³/mol. The molecule has 4 nitrogen and oxygen atoms in total. The van der Waals surface area contributed by atoms with Crippen molar-refractivity contribution in [3.63, 3.8) is 0 Å². The van der Waals surface area contributed by atoms with Crippen molar-refractivity contribution in [3.05, 3.63) is 15.1 Å². The molecule has 1 heterocycles. The minimum atomic E-state index is 0.656. The van der Waals surface area contributed by atoms with Gasteiger partial charge in [0.05, 0.1) is 15.9 Å². The van der Waals surface area contributed by atoms with Gasteiger partial charge in [0.25, 0.3) is 0 Å². The number of hydrogen-bond acceptors (Lipinski definition) is 4. The summed E-state index contributed by atoms with van der Waals surface area (Å²) in [6.45, 7) is 3.80. The highest BCUT2D eigenvalue weighted by Crippen LogP contribution is 2.42. The fourth-order valence-electron chi connectivity index (χ4n) is 1.81. The minimum absolute atomic E-state index is 0.656. The molecule has 1 aromatic heterocycles. The maximum atomic E-state index is 5.11. The van der Waals surface area contributed by atoms with Gasteiger partial charge in [0.2, 0.25) is 0 Å². The summed E-state index contributed by atoms with van der Waals surface area (Å²) in [4.78, 5) is 9.31. The van der Waals surface area contributed by atoms with Crippen LogP contribution in [-0.2, 0) is 11.2 Å². The molecular weight excluding hydrogens is 341 g/mol. The summed E-state index contributed by atoms with van der Waals surface area (Å²) in [6, 6.07) is 0. The van der Waals surface area contributed by atoms with Gasteiger partial charge >= 0.3 is 0 Å². The molecule has 0 saturated heterocycles. The van der Waals surface area contributed by atoms with Gasteiger partial charge in [0.15, 0.2) is 0 Å². The standard InChI is InChI=1S/C13H20IN3O/c1-3-7-15-13-11(14)12(9-4-5-9)16-10(17-13)6-8-18-2/h9H,3-8H2,1-2H3,(H,15,16,17). The summed E-state index contributed by atoms with van der Waals surface area (Å²) >= 11 is 2.37. The SMILES string of the molecule is CCCNc1nc(CCOC)nc(C2CC2)c1I. The van der Waals surface area contributed by atoms with Gasteiger partial charge in [-0.05, 0) is 41.9 Å². The third-order valence-corrected chi connectivity index (χ3v) is 4.02. The first-order valence-corrected chi connectivity index (χ1v) is 7.63. The van der Waals surface area contributed by atoms with Crippen molar-refractivity contribution < 1.29 is 4.74 Å². The number of ether oxygens (including phenoxy) is 1. The Balaban J connectivity index is 2.22. The zero-order chi connectivity index (χ0) is 13.0. The van der Waals surface area contributed by atoms with Gasteiger partial charge in [-0.25, -0.2) is 9.97 Å². The lowest BCUT2D eigenvalue weighted by atomic mass is 10.2. The van der Waals surface area contributed by atoms with Crippen LogP contribution in [0.3, 0.4) is 0 Å². The van der Waals surface area contributed by atoms with Crippen molar-refractivity contribution in [3.8, 4) is 0 Å². The lowest BCUT2D eigenvalue weighted by Gasteiger charge is -2.12. The fourth-order valence-corrected chi connectivity index (χ4v) is 2.68. The monoisotopic (exact) mass is 361 g/mol. The first-order valence-electron chi connectivity index (χ1n) is 6.55. The molecule has 1 N–H and O–H groups in total. The first-order chi connectivity index (χ1) is 8.76. The number of aromatic nitrogens is 2. The molecule has 0 unspecified atom stereocenters. The number of halogens is 1. The number of nitrogens with one attached hydrogen (secondary N) is 1. The fraction of sp³-hybridized carbons (Fsp3) is 0.692. The van der Waals surface area contributed by atoms with Gasteiger partial charge in [0, 0.05) is 26.0 Å². The van der Waals surface area contributed by atoms with Crippen LogP contribution >= 0.6 is 22.6 Å². The first kappa shape index (κ1) is 14.0. The van der Waals surface area contributed by atoms with Crippen molar-refractivity contribution >= 4 is 28.4 Å². The molecule has 0 radical (unpaired) electrons. The Labute approximate surface area is 122 Å². The second kappa shape index (κ2) is 6.65. The molecule has 0 bridgehead atoms. The highest BCUT2D eigenvalue weighted by atomic mass is 127. The average molecular weight is 361 g/mol. The number of hydrogen-bond donors (Lipinski definition) is 1. The lowest BCUT2D eigenvalue weighted by Crippen LogP contribution is -2.11. The number of rotatable bonds is 7. The molecule has 1 aliphatic carbocycles. The van der Waals surface area contributed by atoms with Crippen LogP contribution in [0.2, 0.25) is 0 Å². The van der Waals surface area contributed by atoms with Crippen LogP contribution in [0.4, 0.5) is 5.82 Å². The molecule has 0 spiro atoms. The molecule has 1 saturated carbocycles. The van der Waals surface area contributed by atoms with Crippen molar-refractivity contribution in [2.24, 2.45) is 0 Å². The van der Waals surface area contributed by atoms with E-state index in [-0.39, 0.29) is 0 Å². The summed E-state index contributed by atoms with van der Waals surface area (Å²) in [7, 11) is 1.71. The predicted octanol–water partition coefficient (Wildman–Crippen LogP) is 2.97. The van der Waals surface area contributed by atoms with Gasteiger partial charge in [-0.1, -0.05) is 6.92 Å². The zero-order valence-corrected chi connectivity index (χ0v) is 13.2. The van der Waals surface area contributed by atoms with E-state index in [1.54, 1.807) is 7.11 Å². The normalized spacial score (nSPS) is 14.8. The van der Waals surface area contributed by atoms with Crippen LogP contribution in [0.25, 0.3) is 0 Å². The summed E-state index contributed by atoms with van der Waals surface area (Å²) in [5, 5.41) is 3.40. The van der Waals surface area contributed by atoms with E-state index in [4.69, 9.17) is 9.72 Å². The second-order valence-corrected chi connectivity index (χ2v) is 5.71. The highest BCUT2D eigenvalue weighted by Gasteiger charge is 2.29. The summed E-state index contributed by atoms with van der Waals surface area (Å²) in [5.41, 5.74) is 1.23. The van der Waals surface area contributed by atoms with E-state index in [1.165, 1.54) is 22.1 Å². The van der Waals surface area contributed by atoms with E-state index >= 15 is 0 Å². The lowest BCUT2D eigenvalue weighted by molar-refractivity contribution is 0.200. The van der Waals surface area contributed by atoms with Gasteiger partial charge < -0.3 is 10.1 Å². The van der Waals surface area contributed by atoms with Crippen molar-refractivity contribution in [1.82, 2.24) is 9.97 Å². The van der Waals surface area contributed by atoms with Gasteiger partial charge in [-0.15, -0.1) is 0 Å². The molecule has 1 fully saturated rings. The molecule has 18 heavy (non-hydrogen) atoms. The van der Waals surface area contributed by atoms with E-state index in [0.717, 1.165) is 31.0 Å².